The number of phenols is 1. The van der Waals surface area contributed by atoms with Crippen molar-refractivity contribution in [3.05, 3.63) is 46.3 Å². The van der Waals surface area contributed by atoms with E-state index in [2.05, 4.69) is 14.9 Å². The van der Waals surface area contributed by atoms with Crippen LogP contribution in [0.4, 0.5) is 5.69 Å². The Morgan fingerprint density at radius 3 is 2.75 bits per heavy atom. The summed E-state index contributed by atoms with van der Waals surface area (Å²) in [5.74, 6) is -0.595. The maximum atomic E-state index is 12.0. The van der Waals surface area contributed by atoms with E-state index in [1.807, 2.05) is 0 Å². The number of hydrogen-bond acceptors (Lipinski definition) is 6. The molecule has 0 aliphatic carbocycles. The Balaban J connectivity index is 2.25. The highest BCUT2D eigenvalue weighted by atomic mass is 32.2. The zero-order valence-corrected chi connectivity index (χ0v) is 10.8. The van der Waals surface area contributed by atoms with Crippen LogP contribution in [0.5, 0.6) is 5.75 Å². The average Bonchev–Trinajstić information content (AvgIpc) is 2.89. The van der Waals surface area contributed by atoms with Crippen LogP contribution in [0, 0.1) is 10.1 Å². The largest absolute Gasteiger partial charge is 0.502 e. The highest BCUT2D eigenvalue weighted by Gasteiger charge is 2.21. The summed E-state index contributed by atoms with van der Waals surface area (Å²) in [7, 11) is -3.92. The van der Waals surface area contributed by atoms with Gasteiger partial charge in [0, 0.05) is 12.3 Å². The molecule has 9 nitrogen and oxygen atoms in total. The van der Waals surface area contributed by atoms with Gasteiger partial charge in [-0.1, -0.05) is 0 Å². The van der Waals surface area contributed by atoms with Gasteiger partial charge in [0.25, 0.3) is 0 Å². The highest BCUT2D eigenvalue weighted by molar-refractivity contribution is 7.89. The predicted octanol–water partition coefficient (Wildman–Crippen LogP) is 0.502. The first-order chi connectivity index (χ1) is 9.40. The number of aromatic nitrogens is 2. The van der Waals surface area contributed by atoms with Crippen molar-refractivity contribution in [1.82, 2.24) is 14.9 Å². The molecule has 1 aromatic carbocycles. The monoisotopic (exact) mass is 298 g/mol. The van der Waals surface area contributed by atoms with Crippen LogP contribution in [-0.4, -0.2) is 28.6 Å². The van der Waals surface area contributed by atoms with Gasteiger partial charge in [0.05, 0.1) is 22.1 Å². The molecule has 20 heavy (non-hydrogen) atoms. The summed E-state index contributed by atoms with van der Waals surface area (Å²) >= 11 is 0. The zero-order valence-electron chi connectivity index (χ0n) is 9.98. The van der Waals surface area contributed by atoms with Crippen LogP contribution in [0.1, 0.15) is 5.69 Å². The second-order valence-electron chi connectivity index (χ2n) is 3.81. The van der Waals surface area contributed by atoms with Crippen LogP contribution < -0.4 is 4.72 Å². The van der Waals surface area contributed by atoms with Gasteiger partial charge in [-0.15, -0.1) is 0 Å². The lowest BCUT2D eigenvalue weighted by Gasteiger charge is -2.06. The SMILES string of the molecule is O=[N+]([O-])c1cc(S(=O)(=O)NCc2ccn[nH]2)ccc1O. The van der Waals surface area contributed by atoms with Crippen molar-refractivity contribution in [3.8, 4) is 5.75 Å². The average molecular weight is 298 g/mol. The van der Waals surface area contributed by atoms with E-state index in [9.17, 15) is 23.6 Å². The molecule has 0 amide bonds. The van der Waals surface area contributed by atoms with Crippen LogP contribution >= 0.6 is 0 Å². The fourth-order valence-corrected chi connectivity index (χ4v) is 2.48. The van der Waals surface area contributed by atoms with Crippen molar-refractivity contribution in [2.24, 2.45) is 0 Å². The Kier molecular flexibility index (Phi) is 3.68. The van der Waals surface area contributed by atoms with E-state index in [0.29, 0.717) is 5.69 Å². The minimum atomic E-state index is -3.92. The Morgan fingerprint density at radius 2 is 2.15 bits per heavy atom. The molecular formula is C10H10N4O5S. The minimum absolute atomic E-state index is 0.0307. The molecule has 2 rings (SSSR count). The predicted molar refractivity (Wildman–Crippen MR) is 67.4 cm³/mol. The minimum Gasteiger partial charge on any atom is -0.502 e. The molecule has 0 atom stereocenters. The van der Waals surface area contributed by atoms with E-state index in [4.69, 9.17) is 0 Å². The molecular weight excluding hydrogens is 288 g/mol. The van der Waals surface area contributed by atoms with Crippen molar-refractivity contribution >= 4 is 15.7 Å². The normalized spacial score (nSPS) is 11.4. The first-order valence-electron chi connectivity index (χ1n) is 5.35. The molecule has 0 spiro atoms. The van der Waals surface area contributed by atoms with Crippen LogP contribution in [0.2, 0.25) is 0 Å². The van der Waals surface area contributed by atoms with E-state index >= 15 is 0 Å². The molecule has 2 aromatic rings. The smallest absolute Gasteiger partial charge is 0.312 e. The lowest BCUT2D eigenvalue weighted by molar-refractivity contribution is -0.386. The summed E-state index contributed by atoms with van der Waals surface area (Å²) in [4.78, 5) is 9.50. The van der Waals surface area contributed by atoms with Gasteiger partial charge in [0.2, 0.25) is 10.0 Å². The molecule has 106 valence electrons. The van der Waals surface area contributed by atoms with E-state index in [1.54, 1.807) is 6.07 Å². The van der Waals surface area contributed by atoms with Crippen molar-refractivity contribution in [1.29, 1.82) is 0 Å². The number of aromatic hydroxyl groups is 1. The van der Waals surface area contributed by atoms with Crippen molar-refractivity contribution in [2.45, 2.75) is 11.4 Å². The summed E-state index contributed by atoms with van der Waals surface area (Å²) in [6.07, 6.45) is 1.47. The molecule has 1 heterocycles. The van der Waals surface area contributed by atoms with Gasteiger partial charge < -0.3 is 5.11 Å². The van der Waals surface area contributed by atoms with Crippen molar-refractivity contribution in [3.63, 3.8) is 0 Å². The van der Waals surface area contributed by atoms with Crippen molar-refractivity contribution < 1.29 is 18.4 Å². The number of H-pyrrole nitrogens is 1. The van der Waals surface area contributed by atoms with Gasteiger partial charge in [0.1, 0.15) is 0 Å². The molecule has 0 aliphatic heterocycles. The number of sulfonamides is 1. The molecule has 0 saturated heterocycles. The Morgan fingerprint density at radius 1 is 1.40 bits per heavy atom. The number of rotatable bonds is 5. The van der Waals surface area contributed by atoms with E-state index in [0.717, 1.165) is 18.2 Å². The number of aromatic amines is 1. The van der Waals surface area contributed by atoms with Gasteiger partial charge in [-0.3, -0.25) is 15.2 Å². The molecule has 1 aromatic heterocycles. The first kappa shape index (κ1) is 14.0. The molecule has 0 fully saturated rings. The molecule has 3 N–H and O–H groups in total. The van der Waals surface area contributed by atoms with E-state index in [1.165, 1.54) is 6.20 Å². The summed E-state index contributed by atoms with van der Waals surface area (Å²) in [6, 6.07) is 4.42. The summed E-state index contributed by atoms with van der Waals surface area (Å²) < 4.78 is 26.2. The van der Waals surface area contributed by atoms with Crippen LogP contribution in [0.3, 0.4) is 0 Å². The van der Waals surface area contributed by atoms with E-state index < -0.39 is 26.4 Å². The number of nitro benzene ring substituents is 1. The maximum absolute atomic E-state index is 12.0. The lowest BCUT2D eigenvalue weighted by atomic mass is 10.3. The van der Waals surface area contributed by atoms with Gasteiger partial charge in [-0.2, -0.15) is 5.10 Å². The number of nitro groups is 1. The Labute approximate surface area is 113 Å². The molecule has 0 radical (unpaired) electrons. The molecule has 0 saturated carbocycles. The number of nitrogens with one attached hydrogen (secondary N) is 2. The Hall–Kier alpha value is -2.46. The summed E-state index contributed by atoms with van der Waals surface area (Å²) in [5, 5.41) is 26.2. The molecule has 10 heteroatoms. The maximum Gasteiger partial charge on any atom is 0.312 e. The standard InChI is InChI=1S/C10H10N4O5S/c15-10-2-1-8(5-9(10)14(16)17)20(18,19)12-6-7-3-4-11-13-7/h1-5,12,15H,6H2,(H,11,13). The summed E-state index contributed by atoms with van der Waals surface area (Å²) in [6.45, 7) is -0.0307. The lowest BCUT2D eigenvalue weighted by Crippen LogP contribution is -2.23. The second kappa shape index (κ2) is 5.27. The topological polar surface area (TPSA) is 138 Å². The van der Waals surface area contributed by atoms with Gasteiger partial charge in [0.15, 0.2) is 5.75 Å². The third-order valence-electron chi connectivity index (χ3n) is 2.46. The van der Waals surface area contributed by atoms with Crippen LogP contribution in [-0.2, 0) is 16.6 Å². The Bertz CT molecular complexity index is 726. The molecule has 0 aliphatic rings. The second-order valence-corrected chi connectivity index (χ2v) is 5.58. The van der Waals surface area contributed by atoms with Crippen LogP contribution in [0.25, 0.3) is 0 Å². The summed E-state index contributed by atoms with van der Waals surface area (Å²) in [5.41, 5.74) is -0.128. The van der Waals surface area contributed by atoms with Crippen molar-refractivity contribution in [2.75, 3.05) is 0 Å². The highest BCUT2D eigenvalue weighted by Crippen LogP contribution is 2.28. The van der Waals surface area contributed by atoms with Gasteiger partial charge in [-0.25, -0.2) is 13.1 Å². The van der Waals surface area contributed by atoms with Gasteiger partial charge in [-0.05, 0) is 18.2 Å². The molecule has 0 unspecified atom stereocenters. The zero-order chi connectivity index (χ0) is 14.8. The van der Waals surface area contributed by atoms with E-state index in [-0.39, 0.29) is 11.4 Å². The third-order valence-corrected chi connectivity index (χ3v) is 3.86. The first-order valence-corrected chi connectivity index (χ1v) is 6.84. The number of benzene rings is 1. The fraction of sp³-hybridized carbons (Fsp3) is 0.100. The van der Waals surface area contributed by atoms with Gasteiger partial charge >= 0.3 is 5.69 Å². The van der Waals surface area contributed by atoms with Crippen LogP contribution in [0.15, 0.2) is 35.4 Å². The number of nitrogens with zero attached hydrogens (tertiary/aromatic N) is 2. The molecule has 0 bridgehead atoms. The quantitative estimate of drug-likeness (QED) is 0.542. The third kappa shape index (κ3) is 2.92. The number of phenolic OH excluding ortho intramolecular Hbond substituents is 1. The fourth-order valence-electron chi connectivity index (χ4n) is 1.46. The number of hydrogen-bond donors (Lipinski definition) is 3.